The fraction of sp³-hybridized carbons (Fsp3) is 0.867. The monoisotopic (exact) mass is 295 g/mol. The molecule has 0 aromatic carbocycles. The zero-order valence-electron chi connectivity index (χ0n) is 12.9. The van der Waals surface area contributed by atoms with Gasteiger partial charge in [0, 0.05) is 12.6 Å². The summed E-state index contributed by atoms with van der Waals surface area (Å²) in [5, 5.41) is 7.50. The van der Waals surface area contributed by atoms with Crippen LogP contribution in [0.25, 0.3) is 0 Å². The molecule has 1 aromatic rings. The van der Waals surface area contributed by atoms with Gasteiger partial charge in [0.05, 0.1) is 19.1 Å². The number of ether oxygens (including phenoxy) is 2. The Bertz CT molecular complexity index is 451. The van der Waals surface area contributed by atoms with Crippen molar-refractivity contribution in [2.45, 2.75) is 56.6 Å². The smallest absolute Gasteiger partial charge is 0.233 e. The van der Waals surface area contributed by atoms with E-state index in [1.165, 1.54) is 6.42 Å². The summed E-state index contributed by atoms with van der Waals surface area (Å²) in [6, 6.07) is 0.243. The second kappa shape index (κ2) is 6.42. The lowest BCUT2D eigenvalue weighted by atomic mass is 9.84. The number of nitrogens with one attached hydrogen (secondary N) is 1. The molecule has 6 heteroatoms. The van der Waals surface area contributed by atoms with Gasteiger partial charge in [-0.2, -0.15) is 4.98 Å². The second-order valence-corrected chi connectivity index (χ2v) is 5.98. The number of hydrogen-bond acceptors (Lipinski definition) is 6. The van der Waals surface area contributed by atoms with Crippen LogP contribution in [-0.2, 0) is 15.1 Å². The van der Waals surface area contributed by atoms with Gasteiger partial charge in [-0.05, 0) is 26.8 Å². The highest BCUT2D eigenvalue weighted by Crippen LogP contribution is 2.39. The minimum absolute atomic E-state index is 0.138. The van der Waals surface area contributed by atoms with Gasteiger partial charge >= 0.3 is 0 Å². The van der Waals surface area contributed by atoms with Gasteiger partial charge in [-0.1, -0.05) is 24.4 Å². The number of hydrogen-bond donors (Lipinski definition) is 1. The number of nitrogens with zero attached hydrogens (tertiary/aromatic N) is 2. The van der Waals surface area contributed by atoms with Crippen molar-refractivity contribution < 1.29 is 14.0 Å². The summed E-state index contributed by atoms with van der Waals surface area (Å²) in [5.74, 6) is 1.53. The van der Waals surface area contributed by atoms with Crippen molar-refractivity contribution in [1.29, 1.82) is 0 Å². The molecule has 1 aliphatic heterocycles. The van der Waals surface area contributed by atoms with Crippen LogP contribution in [-0.4, -0.2) is 43.1 Å². The molecular formula is C15H25N3O3. The SMILES string of the molecule is CCOC1(c2noc(C3COCC3NC)n2)CCCCC1. The third kappa shape index (κ3) is 2.84. The van der Waals surface area contributed by atoms with Crippen LogP contribution < -0.4 is 5.32 Å². The lowest BCUT2D eigenvalue weighted by Gasteiger charge is -2.33. The summed E-state index contributed by atoms with van der Waals surface area (Å²) in [5.41, 5.74) is -0.344. The Morgan fingerprint density at radius 3 is 2.81 bits per heavy atom. The summed E-state index contributed by atoms with van der Waals surface area (Å²) in [7, 11) is 1.94. The number of rotatable bonds is 5. The van der Waals surface area contributed by atoms with Crippen LogP contribution >= 0.6 is 0 Å². The van der Waals surface area contributed by atoms with E-state index in [-0.39, 0.29) is 17.6 Å². The first-order valence-electron chi connectivity index (χ1n) is 8.02. The Kier molecular flexibility index (Phi) is 4.57. The highest BCUT2D eigenvalue weighted by Gasteiger charge is 2.41. The first-order valence-corrected chi connectivity index (χ1v) is 8.02. The Morgan fingerprint density at radius 2 is 2.10 bits per heavy atom. The Labute approximate surface area is 125 Å². The van der Waals surface area contributed by atoms with Gasteiger partial charge in [0.15, 0.2) is 0 Å². The maximum absolute atomic E-state index is 6.05. The highest BCUT2D eigenvalue weighted by atomic mass is 16.5. The van der Waals surface area contributed by atoms with E-state index >= 15 is 0 Å². The van der Waals surface area contributed by atoms with Crippen molar-refractivity contribution >= 4 is 0 Å². The lowest BCUT2D eigenvalue weighted by Crippen LogP contribution is -2.34. The molecule has 2 aliphatic rings. The molecule has 0 spiro atoms. The van der Waals surface area contributed by atoms with E-state index in [1.807, 2.05) is 14.0 Å². The van der Waals surface area contributed by atoms with Gasteiger partial charge in [0.2, 0.25) is 11.7 Å². The van der Waals surface area contributed by atoms with Crippen molar-refractivity contribution in [3.8, 4) is 0 Å². The van der Waals surface area contributed by atoms with Crippen molar-refractivity contribution in [2.75, 3.05) is 26.9 Å². The van der Waals surface area contributed by atoms with E-state index in [9.17, 15) is 0 Å². The van der Waals surface area contributed by atoms with Gasteiger partial charge in [0.25, 0.3) is 0 Å². The molecule has 2 fully saturated rings. The fourth-order valence-electron chi connectivity index (χ4n) is 3.48. The highest BCUT2D eigenvalue weighted by molar-refractivity contribution is 5.08. The molecule has 1 aromatic heterocycles. The number of likely N-dealkylation sites (N-methyl/N-ethyl adjacent to an activating group) is 1. The van der Waals surface area contributed by atoms with E-state index in [0.717, 1.165) is 31.5 Å². The molecule has 0 amide bonds. The minimum atomic E-state index is -0.344. The molecule has 2 unspecified atom stereocenters. The average molecular weight is 295 g/mol. The lowest BCUT2D eigenvalue weighted by molar-refractivity contribution is -0.0777. The number of aromatic nitrogens is 2. The molecule has 3 rings (SSSR count). The topological polar surface area (TPSA) is 69.4 Å². The zero-order valence-corrected chi connectivity index (χ0v) is 12.9. The van der Waals surface area contributed by atoms with Crippen LogP contribution in [0, 0.1) is 0 Å². The van der Waals surface area contributed by atoms with Crippen molar-refractivity contribution in [1.82, 2.24) is 15.5 Å². The molecular weight excluding hydrogens is 270 g/mol. The van der Waals surface area contributed by atoms with Crippen LogP contribution in [0.3, 0.4) is 0 Å². The summed E-state index contributed by atoms with van der Waals surface area (Å²) >= 11 is 0. The largest absolute Gasteiger partial charge is 0.379 e. The second-order valence-electron chi connectivity index (χ2n) is 5.98. The minimum Gasteiger partial charge on any atom is -0.379 e. The van der Waals surface area contributed by atoms with E-state index < -0.39 is 0 Å². The van der Waals surface area contributed by atoms with Gasteiger partial charge in [0.1, 0.15) is 5.60 Å². The molecule has 118 valence electrons. The van der Waals surface area contributed by atoms with E-state index in [4.69, 9.17) is 14.0 Å². The Hall–Kier alpha value is -0.980. The molecule has 1 saturated carbocycles. The third-order valence-electron chi connectivity index (χ3n) is 4.70. The first-order chi connectivity index (χ1) is 10.3. The summed E-state index contributed by atoms with van der Waals surface area (Å²) in [6.07, 6.45) is 5.55. The van der Waals surface area contributed by atoms with Gasteiger partial charge in [-0.15, -0.1) is 0 Å². The van der Waals surface area contributed by atoms with E-state index in [2.05, 4.69) is 15.5 Å². The molecule has 2 heterocycles. The van der Waals surface area contributed by atoms with Crippen molar-refractivity contribution in [2.24, 2.45) is 0 Å². The van der Waals surface area contributed by atoms with Crippen LogP contribution in [0.2, 0.25) is 0 Å². The molecule has 0 radical (unpaired) electrons. The van der Waals surface area contributed by atoms with Crippen LogP contribution in [0.1, 0.15) is 56.7 Å². The predicted octanol–water partition coefficient (Wildman–Crippen LogP) is 1.97. The van der Waals surface area contributed by atoms with Crippen LogP contribution in [0.4, 0.5) is 0 Å². The van der Waals surface area contributed by atoms with E-state index in [0.29, 0.717) is 25.7 Å². The van der Waals surface area contributed by atoms with Crippen molar-refractivity contribution in [3.05, 3.63) is 11.7 Å². The summed E-state index contributed by atoms with van der Waals surface area (Å²) in [6.45, 7) is 4.03. The van der Waals surface area contributed by atoms with Gasteiger partial charge in [-0.25, -0.2) is 0 Å². The fourth-order valence-corrected chi connectivity index (χ4v) is 3.48. The normalized spacial score (nSPS) is 28.9. The predicted molar refractivity (Wildman–Crippen MR) is 77.1 cm³/mol. The zero-order chi connectivity index (χ0) is 14.7. The van der Waals surface area contributed by atoms with Gasteiger partial charge in [-0.3, -0.25) is 0 Å². The molecule has 1 aliphatic carbocycles. The summed E-state index contributed by atoms with van der Waals surface area (Å²) < 4.78 is 17.1. The molecule has 2 atom stereocenters. The maximum atomic E-state index is 6.05. The molecule has 0 bridgehead atoms. The third-order valence-corrected chi connectivity index (χ3v) is 4.70. The molecule has 6 nitrogen and oxygen atoms in total. The molecule has 21 heavy (non-hydrogen) atoms. The maximum Gasteiger partial charge on any atom is 0.233 e. The van der Waals surface area contributed by atoms with Crippen LogP contribution in [0.5, 0.6) is 0 Å². The van der Waals surface area contributed by atoms with E-state index in [1.54, 1.807) is 0 Å². The average Bonchev–Trinajstić information content (AvgIpc) is 3.17. The Balaban J connectivity index is 1.82. The van der Waals surface area contributed by atoms with Crippen molar-refractivity contribution in [3.63, 3.8) is 0 Å². The Morgan fingerprint density at radius 1 is 1.29 bits per heavy atom. The van der Waals surface area contributed by atoms with Gasteiger partial charge < -0.3 is 19.3 Å². The quantitative estimate of drug-likeness (QED) is 0.895. The standard InChI is InChI=1S/C15H25N3O3/c1-3-20-15(7-5-4-6-8-15)14-17-13(21-18-14)11-9-19-10-12(11)16-2/h11-12,16H,3-10H2,1-2H3. The summed E-state index contributed by atoms with van der Waals surface area (Å²) in [4.78, 5) is 4.68. The first kappa shape index (κ1) is 14.9. The van der Waals surface area contributed by atoms with Crippen LogP contribution in [0.15, 0.2) is 4.52 Å². The molecule has 1 N–H and O–H groups in total. The molecule has 1 saturated heterocycles.